The quantitative estimate of drug-likeness (QED) is 0.472. The number of hydrogen-bond acceptors (Lipinski definition) is 4. The minimum atomic E-state index is -3.56. The number of carbonyl (C=O) groups is 2. The van der Waals surface area contributed by atoms with Crippen LogP contribution >= 0.6 is 0 Å². The van der Waals surface area contributed by atoms with Crippen molar-refractivity contribution < 1.29 is 22.4 Å². The first-order valence-corrected chi connectivity index (χ1v) is 13.7. The van der Waals surface area contributed by atoms with Gasteiger partial charge in [-0.25, -0.2) is 12.8 Å². The minimum absolute atomic E-state index is 0.00718. The van der Waals surface area contributed by atoms with E-state index < -0.39 is 21.9 Å². The van der Waals surface area contributed by atoms with E-state index >= 15 is 0 Å². The van der Waals surface area contributed by atoms with Crippen molar-refractivity contribution >= 4 is 27.5 Å². The third-order valence-corrected chi connectivity index (χ3v) is 7.10. The summed E-state index contributed by atoms with van der Waals surface area (Å²) in [5.41, 5.74) is 1.76. The Bertz CT molecular complexity index is 1120. The third-order valence-electron chi connectivity index (χ3n) is 5.91. The number of nitrogens with zero attached hydrogens (tertiary/aromatic N) is 2. The van der Waals surface area contributed by atoms with Gasteiger partial charge in [0.1, 0.15) is 11.9 Å². The van der Waals surface area contributed by atoms with Crippen molar-refractivity contribution in [3.8, 4) is 0 Å². The van der Waals surface area contributed by atoms with E-state index in [0.29, 0.717) is 11.3 Å². The van der Waals surface area contributed by atoms with Gasteiger partial charge < -0.3 is 10.2 Å². The Hall–Kier alpha value is -2.94. The van der Waals surface area contributed by atoms with Crippen molar-refractivity contribution in [2.24, 2.45) is 0 Å². The van der Waals surface area contributed by atoms with Crippen molar-refractivity contribution in [2.75, 3.05) is 17.1 Å². The summed E-state index contributed by atoms with van der Waals surface area (Å²) in [5.74, 6) is -1.12. The number of halogens is 1. The molecule has 9 heteroatoms. The Morgan fingerprint density at radius 1 is 1.09 bits per heavy atom. The first-order valence-electron chi connectivity index (χ1n) is 11.8. The molecule has 0 aliphatic carbocycles. The van der Waals surface area contributed by atoms with Crippen LogP contribution in [-0.2, 0) is 26.2 Å². The summed E-state index contributed by atoms with van der Waals surface area (Å²) in [6.45, 7) is 7.35. The lowest BCUT2D eigenvalue weighted by molar-refractivity contribution is -0.141. The van der Waals surface area contributed by atoms with Crippen molar-refractivity contribution in [1.82, 2.24) is 10.2 Å². The second-order valence-electron chi connectivity index (χ2n) is 8.88. The highest BCUT2D eigenvalue weighted by atomic mass is 32.2. The fourth-order valence-electron chi connectivity index (χ4n) is 3.65. The van der Waals surface area contributed by atoms with E-state index in [2.05, 4.69) is 5.32 Å². The number of nitrogens with one attached hydrogen (secondary N) is 1. The molecule has 7 nitrogen and oxygen atoms in total. The molecule has 0 radical (unpaired) electrons. The Morgan fingerprint density at radius 2 is 1.77 bits per heavy atom. The molecule has 0 fully saturated rings. The highest BCUT2D eigenvalue weighted by Crippen LogP contribution is 2.20. The van der Waals surface area contributed by atoms with E-state index in [1.807, 2.05) is 26.8 Å². The van der Waals surface area contributed by atoms with Crippen molar-refractivity contribution in [2.45, 2.75) is 65.6 Å². The first kappa shape index (κ1) is 28.3. The summed E-state index contributed by atoms with van der Waals surface area (Å²) < 4.78 is 40.4. The van der Waals surface area contributed by atoms with Crippen LogP contribution < -0.4 is 9.62 Å². The molecule has 2 aromatic rings. The fraction of sp³-hybridized carbons (Fsp3) is 0.462. The zero-order valence-corrected chi connectivity index (χ0v) is 21.9. The number of sulfonamides is 1. The predicted octanol–water partition coefficient (Wildman–Crippen LogP) is 4.01. The van der Waals surface area contributed by atoms with Gasteiger partial charge in [-0.3, -0.25) is 13.9 Å². The number of rotatable bonds is 12. The molecule has 35 heavy (non-hydrogen) atoms. The van der Waals surface area contributed by atoms with Crippen LogP contribution in [0.5, 0.6) is 0 Å². The zero-order valence-electron chi connectivity index (χ0n) is 21.1. The summed E-state index contributed by atoms with van der Waals surface area (Å²) in [7, 11) is -3.56. The van der Waals surface area contributed by atoms with Gasteiger partial charge >= 0.3 is 0 Å². The molecule has 1 N–H and O–H groups in total. The van der Waals surface area contributed by atoms with Crippen LogP contribution in [-0.4, -0.2) is 50.0 Å². The van der Waals surface area contributed by atoms with Crippen LogP contribution in [0, 0.1) is 12.7 Å². The van der Waals surface area contributed by atoms with Crippen molar-refractivity contribution in [1.29, 1.82) is 0 Å². The van der Waals surface area contributed by atoms with Gasteiger partial charge in [-0.05, 0) is 57.4 Å². The average Bonchev–Trinajstić information content (AvgIpc) is 2.79. The second kappa shape index (κ2) is 12.7. The third kappa shape index (κ3) is 8.35. The number of amides is 2. The monoisotopic (exact) mass is 505 g/mol. The van der Waals surface area contributed by atoms with Gasteiger partial charge in [0, 0.05) is 31.1 Å². The van der Waals surface area contributed by atoms with Crippen LogP contribution in [0.2, 0.25) is 0 Å². The molecule has 0 aliphatic heterocycles. The van der Waals surface area contributed by atoms with Crippen LogP contribution in [0.25, 0.3) is 0 Å². The number of benzene rings is 2. The smallest absolute Gasteiger partial charge is 0.242 e. The first-order chi connectivity index (χ1) is 16.4. The largest absolute Gasteiger partial charge is 0.352 e. The molecule has 0 aliphatic rings. The maximum Gasteiger partial charge on any atom is 0.242 e. The fourth-order valence-corrected chi connectivity index (χ4v) is 4.60. The molecular weight excluding hydrogens is 469 g/mol. The van der Waals surface area contributed by atoms with Gasteiger partial charge in [0.25, 0.3) is 0 Å². The maximum absolute atomic E-state index is 14.3. The number of hydrogen-bond donors (Lipinski definition) is 1. The van der Waals surface area contributed by atoms with Gasteiger partial charge in [0.05, 0.1) is 11.9 Å². The van der Waals surface area contributed by atoms with Gasteiger partial charge in [-0.15, -0.1) is 0 Å². The molecule has 0 saturated carbocycles. The van der Waals surface area contributed by atoms with Gasteiger partial charge in [-0.2, -0.15) is 0 Å². The second-order valence-corrected chi connectivity index (χ2v) is 10.8. The minimum Gasteiger partial charge on any atom is -0.352 e. The molecule has 2 atom stereocenters. The van der Waals surface area contributed by atoms with Crippen LogP contribution in [0.3, 0.4) is 0 Å². The molecule has 2 unspecified atom stereocenters. The van der Waals surface area contributed by atoms with Crippen LogP contribution in [0.1, 0.15) is 51.2 Å². The molecule has 0 spiro atoms. The van der Waals surface area contributed by atoms with E-state index in [0.717, 1.165) is 18.2 Å². The van der Waals surface area contributed by atoms with E-state index in [9.17, 15) is 22.4 Å². The maximum atomic E-state index is 14.3. The van der Waals surface area contributed by atoms with Crippen molar-refractivity contribution in [3.05, 3.63) is 65.5 Å². The Balaban J connectivity index is 2.19. The number of carbonyl (C=O) groups excluding carboxylic acids is 2. The molecule has 0 bridgehead atoms. The highest BCUT2D eigenvalue weighted by molar-refractivity contribution is 7.92. The molecule has 2 aromatic carbocycles. The SMILES string of the molecule is CCC(C)NC(=O)C(C)N(Cc1ccccc1F)C(=O)CCCN(c1cccc(C)c1)S(C)(=O)=O. The molecule has 2 amide bonds. The Labute approximate surface area is 208 Å². The van der Waals surface area contributed by atoms with Crippen molar-refractivity contribution in [3.63, 3.8) is 0 Å². The normalized spacial score (nSPS) is 13.1. The van der Waals surface area contributed by atoms with E-state index in [1.54, 1.807) is 43.3 Å². The summed E-state index contributed by atoms with van der Waals surface area (Å²) in [5, 5.41) is 2.87. The summed E-state index contributed by atoms with van der Waals surface area (Å²) in [6.07, 6.45) is 2.11. The topological polar surface area (TPSA) is 86.8 Å². The Morgan fingerprint density at radius 3 is 2.37 bits per heavy atom. The predicted molar refractivity (Wildman–Crippen MR) is 137 cm³/mol. The van der Waals surface area contributed by atoms with Crippen LogP contribution in [0.15, 0.2) is 48.5 Å². The lowest BCUT2D eigenvalue weighted by Gasteiger charge is -2.30. The molecule has 192 valence electrons. The number of aryl methyl sites for hydroxylation is 1. The molecule has 0 aromatic heterocycles. The van der Waals surface area contributed by atoms with Gasteiger partial charge in [0.15, 0.2) is 0 Å². The van der Waals surface area contributed by atoms with Gasteiger partial charge in [-0.1, -0.05) is 37.3 Å². The molecule has 2 rings (SSSR count). The Kier molecular flexibility index (Phi) is 10.2. The molecular formula is C26H36FN3O4S. The van der Waals surface area contributed by atoms with E-state index in [1.165, 1.54) is 15.3 Å². The standard InChI is InChI=1S/C26H36FN3O4S/c1-6-20(3)28-26(32)21(4)29(18-22-12-7-8-14-24(22)27)25(31)15-10-16-30(35(5,33)34)23-13-9-11-19(2)17-23/h7-9,11-14,17,20-21H,6,10,15-16,18H2,1-5H3,(H,28,32). The average molecular weight is 506 g/mol. The van der Waals surface area contributed by atoms with Crippen LogP contribution in [0.4, 0.5) is 10.1 Å². The van der Waals surface area contributed by atoms with E-state index in [-0.39, 0.29) is 43.8 Å². The summed E-state index contributed by atoms with van der Waals surface area (Å²) in [4.78, 5) is 27.4. The molecule has 0 saturated heterocycles. The lowest BCUT2D eigenvalue weighted by Crippen LogP contribution is -2.49. The highest BCUT2D eigenvalue weighted by Gasteiger charge is 2.28. The molecule has 0 heterocycles. The summed E-state index contributed by atoms with van der Waals surface area (Å²) >= 11 is 0. The number of anilines is 1. The summed E-state index contributed by atoms with van der Waals surface area (Å²) in [6, 6.07) is 12.4. The van der Waals surface area contributed by atoms with E-state index in [4.69, 9.17) is 0 Å². The van der Waals surface area contributed by atoms with Gasteiger partial charge in [0.2, 0.25) is 21.8 Å². The lowest BCUT2D eigenvalue weighted by atomic mass is 10.1. The zero-order chi connectivity index (χ0) is 26.2.